The number of alkyl halides is 3. The Morgan fingerprint density at radius 3 is 2.38 bits per heavy atom. The first-order valence-electron chi connectivity index (χ1n) is 6.33. The average Bonchev–Trinajstić information content (AvgIpc) is 2.36. The lowest BCUT2D eigenvalue weighted by atomic mass is 10.0. The summed E-state index contributed by atoms with van der Waals surface area (Å²) in [6.07, 6.45) is -5.29. The van der Waals surface area contributed by atoms with Crippen LogP contribution >= 0.6 is 24.0 Å². The van der Waals surface area contributed by atoms with Gasteiger partial charge in [0.2, 0.25) is 0 Å². The molecule has 0 aliphatic carbocycles. The first-order valence-corrected chi connectivity index (χ1v) is 6.71. The molecular formula is C13H16Cl2F4N2. The molecule has 1 saturated heterocycles. The second-order valence-corrected chi connectivity index (χ2v) is 5.19. The number of halogens is 6. The van der Waals surface area contributed by atoms with E-state index in [1.807, 2.05) is 0 Å². The van der Waals surface area contributed by atoms with Crippen LogP contribution in [-0.4, -0.2) is 37.3 Å². The number of nitrogens with one attached hydrogen (secondary N) is 1. The highest BCUT2D eigenvalue weighted by Crippen LogP contribution is 2.37. The third kappa shape index (κ3) is 5.29. The lowest BCUT2D eigenvalue weighted by Crippen LogP contribution is -2.46. The van der Waals surface area contributed by atoms with Crippen LogP contribution in [0.3, 0.4) is 0 Å². The van der Waals surface area contributed by atoms with Crippen LogP contribution < -0.4 is 5.32 Å². The first kappa shape index (κ1) is 18.5. The molecule has 1 atom stereocenters. The van der Waals surface area contributed by atoms with Crippen molar-refractivity contribution in [3.8, 4) is 0 Å². The molecule has 1 aromatic rings. The van der Waals surface area contributed by atoms with E-state index in [1.54, 1.807) is 4.90 Å². The third-order valence-corrected chi connectivity index (χ3v) is 3.67. The molecule has 0 amide bonds. The van der Waals surface area contributed by atoms with E-state index in [-0.39, 0.29) is 17.4 Å². The van der Waals surface area contributed by atoms with E-state index < -0.39 is 24.5 Å². The van der Waals surface area contributed by atoms with Crippen molar-refractivity contribution in [1.29, 1.82) is 0 Å². The van der Waals surface area contributed by atoms with Gasteiger partial charge < -0.3 is 5.32 Å². The summed E-state index contributed by atoms with van der Waals surface area (Å²) in [5.41, 5.74) is 0.326. The molecule has 0 spiro atoms. The second kappa shape index (κ2) is 7.63. The van der Waals surface area contributed by atoms with Gasteiger partial charge in [0.15, 0.2) is 0 Å². The molecule has 8 heteroatoms. The Labute approximate surface area is 131 Å². The molecule has 120 valence electrons. The monoisotopic (exact) mass is 346 g/mol. The fourth-order valence-corrected chi connectivity index (χ4v) is 2.71. The molecule has 1 N–H and O–H groups in total. The fourth-order valence-electron chi connectivity index (χ4n) is 2.42. The van der Waals surface area contributed by atoms with E-state index in [4.69, 9.17) is 11.6 Å². The van der Waals surface area contributed by atoms with Gasteiger partial charge in [0, 0.05) is 37.2 Å². The average molecular weight is 347 g/mol. The van der Waals surface area contributed by atoms with Crippen molar-refractivity contribution < 1.29 is 17.6 Å². The molecule has 0 radical (unpaired) electrons. The quantitative estimate of drug-likeness (QED) is 0.837. The minimum Gasteiger partial charge on any atom is -0.314 e. The SMILES string of the molecule is Cl.Fc1ccc([C@@H](CC(F)(F)F)N2CCNCC2)c(Cl)c1. The summed E-state index contributed by atoms with van der Waals surface area (Å²) in [7, 11) is 0. The Balaban J connectivity index is 0.00000220. The smallest absolute Gasteiger partial charge is 0.314 e. The van der Waals surface area contributed by atoms with Crippen LogP contribution in [0, 0.1) is 5.82 Å². The van der Waals surface area contributed by atoms with Crippen LogP contribution in [0.2, 0.25) is 5.02 Å². The zero-order chi connectivity index (χ0) is 14.8. The predicted octanol–water partition coefficient (Wildman–Crippen LogP) is 3.80. The van der Waals surface area contributed by atoms with Gasteiger partial charge in [0.1, 0.15) is 5.82 Å². The minimum absolute atomic E-state index is 0. The van der Waals surface area contributed by atoms with E-state index in [1.165, 1.54) is 6.07 Å². The number of hydrogen-bond acceptors (Lipinski definition) is 2. The zero-order valence-electron chi connectivity index (χ0n) is 11.1. The van der Waals surface area contributed by atoms with Gasteiger partial charge in [-0.1, -0.05) is 17.7 Å². The molecule has 1 fully saturated rings. The molecule has 0 aromatic heterocycles. The maximum atomic E-state index is 13.1. The molecule has 1 aliphatic heterocycles. The van der Waals surface area contributed by atoms with E-state index in [0.29, 0.717) is 31.7 Å². The molecule has 0 bridgehead atoms. The van der Waals surface area contributed by atoms with Gasteiger partial charge in [-0.3, -0.25) is 4.90 Å². The van der Waals surface area contributed by atoms with Gasteiger partial charge in [-0.2, -0.15) is 13.2 Å². The molecule has 2 rings (SSSR count). The first-order chi connectivity index (χ1) is 9.37. The summed E-state index contributed by atoms with van der Waals surface area (Å²) < 4.78 is 51.5. The normalized spacial score (nSPS) is 18.1. The number of nitrogens with zero attached hydrogens (tertiary/aromatic N) is 1. The van der Waals surface area contributed by atoms with Crippen LogP contribution in [0.4, 0.5) is 17.6 Å². The predicted molar refractivity (Wildman–Crippen MR) is 76.5 cm³/mol. The summed E-state index contributed by atoms with van der Waals surface area (Å²) >= 11 is 5.92. The lowest BCUT2D eigenvalue weighted by molar-refractivity contribution is -0.148. The number of benzene rings is 1. The number of rotatable bonds is 3. The number of piperazine rings is 1. The molecule has 0 unspecified atom stereocenters. The topological polar surface area (TPSA) is 15.3 Å². The lowest BCUT2D eigenvalue weighted by Gasteiger charge is -2.36. The van der Waals surface area contributed by atoms with Crippen molar-refractivity contribution in [2.45, 2.75) is 18.6 Å². The summed E-state index contributed by atoms with van der Waals surface area (Å²) in [6.45, 7) is 2.28. The standard InChI is InChI=1S/C13H15ClF4N2.ClH/c14-11-7-9(15)1-2-10(11)12(8-13(16,17)18)20-5-3-19-4-6-20;/h1-2,7,12,19H,3-6,8H2;1H/t12-;/m1./s1. The van der Waals surface area contributed by atoms with Gasteiger partial charge >= 0.3 is 6.18 Å². The highest BCUT2D eigenvalue weighted by molar-refractivity contribution is 6.31. The van der Waals surface area contributed by atoms with Crippen LogP contribution in [-0.2, 0) is 0 Å². The molecular weight excluding hydrogens is 331 g/mol. The molecule has 0 saturated carbocycles. The van der Waals surface area contributed by atoms with Crippen molar-refractivity contribution in [2.75, 3.05) is 26.2 Å². The van der Waals surface area contributed by atoms with Gasteiger partial charge in [0.05, 0.1) is 6.42 Å². The van der Waals surface area contributed by atoms with Gasteiger partial charge in [0.25, 0.3) is 0 Å². The molecule has 1 aromatic carbocycles. The highest BCUT2D eigenvalue weighted by atomic mass is 35.5. The summed E-state index contributed by atoms with van der Waals surface area (Å²) in [5.74, 6) is -0.551. The van der Waals surface area contributed by atoms with E-state index >= 15 is 0 Å². The fraction of sp³-hybridized carbons (Fsp3) is 0.538. The van der Waals surface area contributed by atoms with Gasteiger partial charge in [-0.05, 0) is 17.7 Å². The van der Waals surface area contributed by atoms with Crippen LogP contribution in [0.1, 0.15) is 18.0 Å². The molecule has 2 nitrogen and oxygen atoms in total. The van der Waals surface area contributed by atoms with Crippen molar-refractivity contribution in [2.24, 2.45) is 0 Å². The van der Waals surface area contributed by atoms with Gasteiger partial charge in [-0.25, -0.2) is 4.39 Å². The number of hydrogen-bond donors (Lipinski definition) is 1. The van der Waals surface area contributed by atoms with Crippen molar-refractivity contribution in [3.63, 3.8) is 0 Å². The van der Waals surface area contributed by atoms with Crippen LogP contribution in [0.5, 0.6) is 0 Å². The Hall–Kier alpha value is -0.560. The zero-order valence-corrected chi connectivity index (χ0v) is 12.7. The van der Waals surface area contributed by atoms with E-state index in [0.717, 1.165) is 12.1 Å². The Morgan fingerprint density at radius 2 is 1.86 bits per heavy atom. The Bertz CT molecular complexity index is 462. The Morgan fingerprint density at radius 1 is 1.24 bits per heavy atom. The highest BCUT2D eigenvalue weighted by Gasteiger charge is 2.36. The summed E-state index contributed by atoms with van der Waals surface area (Å²) in [4.78, 5) is 1.74. The van der Waals surface area contributed by atoms with E-state index in [2.05, 4.69) is 5.32 Å². The van der Waals surface area contributed by atoms with Crippen LogP contribution in [0.25, 0.3) is 0 Å². The Kier molecular flexibility index (Phi) is 6.71. The molecule has 1 aliphatic rings. The molecule has 21 heavy (non-hydrogen) atoms. The summed E-state index contributed by atoms with van der Waals surface area (Å²) in [5, 5.41) is 3.13. The minimum atomic E-state index is -4.30. The second-order valence-electron chi connectivity index (χ2n) is 4.79. The van der Waals surface area contributed by atoms with Crippen LogP contribution in [0.15, 0.2) is 18.2 Å². The van der Waals surface area contributed by atoms with E-state index in [9.17, 15) is 17.6 Å². The van der Waals surface area contributed by atoms with Crippen molar-refractivity contribution >= 4 is 24.0 Å². The van der Waals surface area contributed by atoms with Crippen molar-refractivity contribution in [3.05, 3.63) is 34.6 Å². The maximum Gasteiger partial charge on any atom is 0.390 e. The molecule has 1 heterocycles. The largest absolute Gasteiger partial charge is 0.390 e. The van der Waals surface area contributed by atoms with Gasteiger partial charge in [-0.15, -0.1) is 12.4 Å². The van der Waals surface area contributed by atoms with Crippen molar-refractivity contribution in [1.82, 2.24) is 10.2 Å². The summed E-state index contributed by atoms with van der Waals surface area (Å²) in [6, 6.07) is 2.68. The third-order valence-electron chi connectivity index (χ3n) is 3.34. The maximum absolute atomic E-state index is 13.1.